The number of aliphatic hydroxyl groups excluding tert-OH is 1. The Morgan fingerprint density at radius 1 is 1.33 bits per heavy atom. The number of benzene rings is 2. The van der Waals surface area contributed by atoms with Crippen molar-refractivity contribution in [2.24, 2.45) is 0 Å². The number of imidazole rings is 1. The Balaban J connectivity index is 1.87. The fourth-order valence-corrected chi connectivity index (χ4v) is 2.64. The molecule has 0 bridgehead atoms. The first kappa shape index (κ1) is 16.1. The molecule has 0 saturated heterocycles. The fraction of sp³-hybridized carbons (Fsp3) is 0.222. The number of halogens is 1. The highest BCUT2D eigenvalue weighted by molar-refractivity contribution is 6.05. The van der Waals surface area contributed by atoms with Crippen LogP contribution in [0.25, 0.3) is 11.0 Å². The lowest BCUT2D eigenvalue weighted by Crippen LogP contribution is -2.31. The van der Waals surface area contributed by atoms with Crippen molar-refractivity contribution in [2.45, 2.75) is 19.4 Å². The minimum Gasteiger partial charge on any atom is -0.394 e. The van der Waals surface area contributed by atoms with Crippen LogP contribution < -0.4 is 5.32 Å². The number of nitrogens with one attached hydrogen (secondary N) is 2. The highest BCUT2D eigenvalue weighted by atomic mass is 19.1. The van der Waals surface area contributed by atoms with Gasteiger partial charge in [0, 0.05) is 0 Å². The van der Waals surface area contributed by atoms with Gasteiger partial charge in [0.2, 0.25) is 0 Å². The van der Waals surface area contributed by atoms with Crippen LogP contribution in [-0.2, 0) is 6.42 Å². The van der Waals surface area contributed by atoms with Crippen LogP contribution in [0.3, 0.4) is 0 Å². The third kappa shape index (κ3) is 3.14. The van der Waals surface area contributed by atoms with Crippen LogP contribution in [0.2, 0.25) is 0 Å². The van der Waals surface area contributed by atoms with Crippen LogP contribution in [0.1, 0.15) is 34.5 Å². The molecule has 3 N–H and O–H groups in total. The second kappa shape index (κ2) is 6.80. The Kier molecular flexibility index (Phi) is 4.57. The van der Waals surface area contributed by atoms with E-state index in [-0.39, 0.29) is 12.2 Å². The summed E-state index contributed by atoms with van der Waals surface area (Å²) in [5.74, 6) is -1.00. The first-order chi connectivity index (χ1) is 11.6. The van der Waals surface area contributed by atoms with Gasteiger partial charge in [-0.3, -0.25) is 4.79 Å². The highest BCUT2D eigenvalue weighted by Crippen LogP contribution is 2.19. The van der Waals surface area contributed by atoms with Gasteiger partial charge in [0.1, 0.15) is 11.3 Å². The number of hydrogen-bond donors (Lipinski definition) is 3. The molecule has 1 heterocycles. The van der Waals surface area contributed by atoms with Crippen LogP contribution in [0.15, 0.2) is 42.7 Å². The number of carbonyl (C=O) groups excluding carboxylic acids is 1. The third-order valence-corrected chi connectivity index (χ3v) is 4.01. The van der Waals surface area contributed by atoms with E-state index in [2.05, 4.69) is 22.2 Å². The summed E-state index contributed by atoms with van der Waals surface area (Å²) in [7, 11) is 0. The maximum Gasteiger partial charge on any atom is 0.254 e. The third-order valence-electron chi connectivity index (χ3n) is 4.01. The predicted octanol–water partition coefficient (Wildman–Crippen LogP) is 2.73. The zero-order chi connectivity index (χ0) is 17.1. The summed E-state index contributed by atoms with van der Waals surface area (Å²) >= 11 is 0. The Bertz CT molecular complexity index is 858. The van der Waals surface area contributed by atoms with Crippen LogP contribution in [0.4, 0.5) is 4.39 Å². The molecule has 5 nitrogen and oxygen atoms in total. The van der Waals surface area contributed by atoms with E-state index >= 15 is 0 Å². The number of H-pyrrole nitrogens is 1. The van der Waals surface area contributed by atoms with Crippen LogP contribution in [0, 0.1) is 5.82 Å². The summed E-state index contributed by atoms with van der Waals surface area (Å²) in [6, 6.07) is 9.52. The van der Waals surface area contributed by atoms with Gasteiger partial charge in [0.05, 0.1) is 30.1 Å². The molecule has 6 heteroatoms. The van der Waals surface area contributed by atoms with Crippen molar-refractivity contribution in [1.82, 2.24) is 15.3 Å². The number of aryl methyl sites for hydroxylation is 1. The van der Waals surface area contributed by atoms with Gasteiger partial charge in [-0.15, -0.1) is 0 Å². The van der Waals surface area contributed by atoms with Crippen molar-refractivity contribution in [3.63, 3.8) is 0 Å². The van der Waals surface area contributed by atoms with E-state index in [9.17, 15) is 14.3 Å². The molecule has 2 aromatic carbocycles. The molecular formula is C18H18FN3O2. The molecule has 24 heavy (non-hydrogen) atoms. The first-order valence-electron chi connectivity index (χ1n) is 7.75. The fourth-order valence-electron chi connectivity index (χ4n) is 2.64. The highest BCUT2D eigenvalue weighted by Gasteiger charge is 2.19. The number of aliphatic hydroxyl groups is 1. The average molecular weight is 327 g/mol. The number of nitrogens with zero attached hydrogens (tertiary/aromatic N) is 1. The number of rotatable bonds is 5. The van der Waals surface area contributed by atoms with Gasteiger partial charge in [-0.2, -0.15) is 0 Å². The van der Waals surface area contributed by atoms with E-state index in [1.165, 1.54) is 18.0 Å². The molecule has 0 aliphatic rings. The zero-order valence-electron chi connectivity index (χ0n) is 13.2. The Hall–Kier alpha value is -2.73. The van der Waals surface area contributed by atoms with Gasteiger partial charge < -0.3 is 15.4 Å². The lowest BCUT2D eigenvalue weighted by Gasteiger charge is -2.17. The lowest BCUT2D eigenvalue weighted by atomic mass is 10.0. The lowest BCUT2D eigenvalue weighted by molar-refractivity contribution is 0.0917. The number of aromatic nitrogens is 2. The van der Waals surface area contributed by atoms with Crippen molar-refractivity contribution in [2.75, 3.05) is 6.61 Å². The molecule has 1 aromatic heterocycles. The van der Waals surface area contributed by atoms with Gasteiger partial charge in [-0.1, -0.05) is 31.2 Å². The SMILES string of the molecule is CCc1ccc(C(CO)NC(=O)c2cc(F)cc3[nH]cnc23)cc1. The summed E-state index contributed by atoms with van der Waals surface area (Å²) in [5.41, 5.74) is 2.94. The van der Waals surface area contributed by atoms with E-state index in [1.807, 2.05) is 24.3 Å². The second-order valence-electron chi connectivity index (χ2n) is 5.56. The minimum atomic E-state index is -0.569. The van der Waals surface area contributed by atoms with Crippen LogP contribution in [-0.4, -0.2) is 27.6 Å². The molecule has 1 amide bonds. The summed E-state index contributed by atoms with van der Waals surface area (Å²) < 4.78 is 13.7. The molecular weight excluding hydrogens is 309 g/mol. The van der Waals surface area contributed by atoms with Crippen LogP contribution >= 0.6 is 0 Å². The summed E-state index contributed by atoms with van der Waals surface area (Å²) in [5, 5.41) is 12.4. The summed E-state index contributed by atoms with van der Waals surface area (Å²) in [6.45, 7) is 1.80. The Morgan fingerprint density at radius 2 is 2.08 bits per heavy atom. The topological polar surface area (TPSA) is 78.0 Å². The normalized spacial score (nSPS) is 12.3. The molecule has 3 aromatic rings. The predicted molar refractivity (Wildman–Crippen MR) is 89.2 cm³/mol. The van der Waals surface area contributed by atoms with E-state index in [4.69, 9.17) is 0 Å². The first-order valence-corrected chi connectivity index (χ1v) is 7.75. The number of carbonyl (C=O) groups is 1. The van der Waals surface area contributed by atoms with E-state index in [1.54, 1.807) is 0 Å². The van der Waals surface area contributed by atoms with E-state index in [0.29, 0.717) is 11.0 Å². The number of amides is 1. The van der Waals surface area contributed by atoms with E-state index < -0.39 is 17.8 Å². The van der Waals surface area contributed by atoms with Gasteiger partial charge in [0.15, 0.2) is 0 Å². The second-order valence-corrected chi connectivity index (χ2v) is 5.56. The Morgan fingerprint density at radius 3 is 2.75 bits per heavy atom. The minimum absolute atomic E-state index is 0.134. The molecule has 0 saturated carbocycles. The Labute approximate surface area is 138 Å². The van der Waals surface area contributed by atoms with Crippen LogP contribution in [0.5, 0.6) is 0 Å². The molecule has 0 spiro atoms. The van der Waals surface area contributed by atoms with Gasteiger partial charge >= 0.3 is 0 Å². The molecule has 1 atom stereocenters. The number of aromatic amines is 1. The summed E-state index contributed by atoms with van der Waals surface area (Å²) in [4.78, 5) is 19.4. The van der Waals surface area contributed by atoms with Crippen molar-refractivity contribution in [3.05, 3.63) is 65.2 Å². The molecule has 1 unspecified atom stereocenters. The maximum atomic E-state index is 13.7. The summed E-state index contributed by atoms with van der Waals surface area (Å²) in [6.07, 6.45) is 2.32. The average Bonchev–Trinajstić information content (AvgIpc) is 3.07. The van der Waals surface area contributed by atoms with Gasteiger partial charge in [0.25, 0.3) is 5.91 Å². The van der Waals surface area contributed by atoms with Crippen molar-refractivity contribution in [3.8, 4) is 0 Å². The number of fused-ring (bicyclic) bond motifs is 1. The quantitative estimate of drug-likeness (QED) is 0.674. The van der Waals surface area contributed by atoms with Crippen molar-refractivity contribution < 1.29 is 14.3 Å². The van der Waals surface area contributed by atoms with E-state index in [0.717, 1.165) is 18.1 Å². The maximum absolute atomic E-state index is 13.7. The molecule has 3 rings (SSSR count). The molecule has 0 radical (unpaired) electrons. The molecule has 0 aliphatic heterocycles. The standard InChI is InChI=1S/C18H18FN3O2/c1-2-11-3-5-12(6-4-11)16(9-23)22-18(24)14-7-13(19)8-15-17(14)21-10-20-15/h3-8,10,16,23H,2,9H2,1H3,(H,20,21)(H,22,24). The van der Waals surface area contributed by atoms with Gasteiger partial charge in [-0.05, 0) is 29.7 Å². The number of hydrogen-bond acceptors (Lipinski definition) is 3. The van der Waals surface area contributed by atoms with Crippen molar-refractivity contribution in [1.29, 1.82) is 0 Å². The molecule has 124 valence electrons. The largest absolute Gasteiger partial charge is 0.394 e. The monoisotopic (exact) mass is 327 g/mol. The van der Waals surface area contributed by atoms with Gasteiger partial charge in [-0.25, -0.2) is 9.37 Å². The smallest absolute Gasteiger partial charge is 0.254 e. The molecule has 0 fully saturated rings. The van der Waals surface area contributed by atoms with Crippen molar-refractivity contribution >= 4 is 16.9 Å². The zero-order valence-corrected chi connectivity index (χ0v) is 13.2. The molecule has 0 aliphatic carbocycles.